The number of rotatable bonds is 33. The SMILES string of the molecule is Nc1ccccc1OCCOCCOCCOCCOCCOCCOCCOCCOCCOCCOC(=O)C(=O)c1ccccc1. The first kappa shape index (κ1) is 41.0. The third kappa shape index (κ3) is 22.4. The van der Waals surface area contributed by atoms with Gasteiger partial charge in [0.15, 0.2) is 0 Å². The van der Waals surface area contributed by atoms with Gasteiger partial charge in [-0.15, -0.1) is 0 Å². The summed E-state index contributed by atoms with van der Waals surface area (Å²) in [5, 5.41) is 0. The van der Waals surface area contributed by atoms with Gasteiger partial charge >= 0.3 is 5.97 Å². The number of para-hydroxylation sites is 2. The number of carbonyl (C=O) groups is 2. The van der Waals surface area contributed by atoms with Gasteiger partial charge in [-0.3, -0.25) is 4.79 Å². The molecule has 0 fully saturated rings. The van der Waals surface area contributed by atoms with Crippen molar-refractivity contribution in [1.29, 1.82) is 0 Å². The predicted octanol–water partition coefficient (Wildman–Crippen LogP) is 2.22. The Morgan fingerprint density at radius 1 is 0.417 bits per heavy atom. The second kappa shape index (κ2) is 29.9. The van der Waals surface area contributed by atoms with E-state index in [1.54, 1.807) is 36.4 Å². The molecule has 0 saturated heterocycles. The van der Waals surface area contributed by atoms with E-state index in [4.69, 9.17) is 57.8 Å². The molecule has 14 heteroatoms. The number of carbonyl (C=O) groups excluding carboxylic acids is 2. The predicted molar refractivity (Wildman–Crippen MR) is 175 cm³/mol. The van der Waals surface area contributed by atoms with Crippen molar-refractivity contribution in [3.63, 3.8) is 0 Å². The number of benzene rings is 2. The molecule has 0 aliphatic carbocycles. The average molecular weight is 682 g/mol. The number of nitrogen functional groups attached to an aromatic ring is 1. The molecule has 2 N–H and O–H groups in total. The maximum Gasteiger partial charge on any atom is 0.379 e. The maximum atomic E-state index is 11.9. The summed E-state index contributed by atoms with van der Waals surface area (Å²) in [5.41, 5.74) is 6.72. The molecule has 0 saturated carbocycles. The minimum Gasteiger partial charge on any atom is -0.489 e. The van der Waals surface area contributed by atoms with Crippen LogP contribution in [0.4, 0.5) is 5.69 Å². The summed E-state index contributed by atoms with van der Waals surface area (Å²) in [6, 6.07) is 15.6. The molecule has 0 unspecified atom stereocenters. The fraction of sp³-hybridized carbons (Fsp3) is 0.588. The number of hydrogen-bond acceptors (Lipinski definition) is 14. The zero-order valence-electron chi connectivity index (χ0n) is 27.7. The Bertz CT molecular complexity index is 1060. The molecule has 0 heterocycles. The number of ketones is 1. The van der Waals surface area contributed by atoms with E-state index in [1.807, 2.05) is 18.2 Å². The Hall–Kier alpha value is -3.18. The molecule has 0 amide bonds. The lowest BCUT2D eigenvalue weighted by Gasteiger charge is -2.09. The van der Waals surface area contributed by atoms with Crippen LogP contribution < -0.4 is 10.5 Å². The van der Waals surface area contributed by atoms with E-state index in [-0.39, 0.29) is 13.2 Å². The number of ether oxygens (including phenoxy) is 11. The third-order valence-corrected chi connectivity index (χ3v) is 6.06. The van der Waals surface area contributed by atoms with Gasteiger partial charge in [-0.2, -0.15) is 0 Å². The first-order valence-corrected chi connectivity index (χ1v) is 16.1. The van der Waals surface area contributed by atoms with Crippen LogP contribution in [0.2, 0.25) is 0 Å². The summed E-state index contributed by atoms with van der Waals surface area (Å²) in [6.07, 6.45) is 0. The first-order chi connectivity index (χ1) is 23.7. The summed E-state index contributed by atoms with van der Waals surface area (Å²) in [7, 11) is 0. The Labute approximate surface area is 282 Å². The molecule has 14 nitrogen and oxygen atoms in total. The van der Waals surface area contributed by atoms with Crippen molar-refractivity contribution in [3.05, 3.63) is 60.2 Å². The molecule has 0 aromatic heterocycles. The second-order valence-corrected chi connectivity index (χ2v) is 9.73. The van der Waals surface area contributed by atoms with Gasteiger partial charge in [-0.25, -0.2) is 4.79 Å². The maximum absolute atomic E-state index is 11.9. The fourth-order valence-corrected chi connectivity index (χ4v) is 3.65. The van der Waals surface area contributed by atoms with Gasteiger partial charge in [-0.1, -0.05) is 42.5 Å². The number of anilines is 1. The zero-order valence-corrected chi connectivity index (χ0v) is 27.7. The zero-order chi connectivity index (χ0) is 34.2. The summed E-state index contributed by atoms with van der Waals surface area (Å²) >= 11 is 0. The summed E-state index contributed by atoms with van der Waals surface area (Å²) in [5.74, 6) is -0.915. The highest BCUT2D eigenvalue weighted by Gasteiger charge is 2.17. The van der Waals surface area contributed by atoms with E-state index in [2.05, 4.69) is 0 Å². The van der Waals surface area contributed by atoms with Crippen molar-refractivity contribution in [2.45, 2.75) is 0 Å². The van der Waals surface area contributed by atoms with E-state index in [1.165, 1.54) is 0 Å². The van der Waals surface area contributed by atoms with Crippen LogP contribution in [0.3, 0.4) is 0 Å². The molecule has 0 radical (unpaired) electrons. The van der Waals surface area contributed by atoms with Crippen LogP contribution in [0, 0.1) is 0 Å². The van der Waals surface area contributed by atoms with Crippen molar-refractivity contribution in [2.24, 2.45) is 0 Å². The summed E-state index contributed by atoms with van der Waals surface area (Å²) < 4.78 is 59.4. The summed E-state index contributed by atoms with van der Waals surface area (Å²) in [6.45, 7) is 8.37. The first-order valence-electron chi connectivity index (χ1n) is 16.1. The number of hydrogen-bond donors (Lipinski definition) is 1. The monoisotopic (exact) mass is 681 g/mol. The van der Waals surface area contributed by atoms with Crippen LogP contribution in [0.15, 0.2) is 54.6 Å². The normalized spacial score (nSPS) is 11.1. The molecule has 270 valence electrons. The van der Waals surface area contributed by atoms with Gasteiger partial charge in [0, 0.05) is 5.56 Å². The second-order valence-electron chi connectivity index (χ2n) is 9.73. The van der Waals surface area contributed by atoms with Gasteiger partial charge in [0.1, 0.15) is 19.0 Å². The van der Waals surface area contributed by atoms with E-state index >= 15 is 0 Å². The molecule has 2 aromatic rings. The number of nitrogens with two attached hydrogens (primary N) is 1. The minimum absolute atomic E-state index is 0.00421. The fourth-order valence-electron chi connectivity index (χ4n) is 3.65. The molecular formula is C34H51NO13. The van der Waals surface area contributed by atoms with Crippen molar-refractivity contribution in [1.82, 2.24) is 0 Å². The Morgan fingerprint density at radius 3 is 1.15 bits per heavy atom. The molecule has 0 bridgehead atoms. The van der Waals surface area contributed by atoms with Crippen molar-refractivity contribution in [3.8, 4) is 5.75 Å². The number of Topliss-reactive ketones (excluding diaryl/α,β-unsaturated/α-hetero) is 1. The van der Waals surface area contributed by atoms with Crippen molar-refractivity contribution in [2.75, 3.05) is 138 Å². The molecule has 0 spiro atoms. The highest BCUT2D eigenvalue weighted by atomic mass is 16.6. The quantitative estimate of drug-likeness (QED) is 0.0384. The van der Waals surface area contributed by atoms with E-state index < -0.39 is 11.8 Å². The van der Waals surface area contributed by atoms with Crippen LogP contribution in [0.25, 0.3) is 0 Å². The van der Waals surface area contributed by atoms with E-state index in [0.717, 1.165) is 0 Å². The average Bonchev–Trinajstić information content (AvgIpc) is 3.11. The molecular weight excluding hydrogens is 630 g/mol. The highest BCUT2D eigenvalue weighted by molar-refractivity contribution is 6.40. The van der Waals surface area contributed by atoms with Crippen LogP contribution in [-0.4, -0.2) is 144 Å². The Kier molecular flexibility index (Phi) is 25.6. The molecule has 2 rings (SSSR count). The van der Waals surface area contributed by atoms with Gasteiger partial charge < -0.3 is 57.8 Å². The van der Waals surface area contributed by atoms with Crippen molar-refractivity contribution < 1.29 is 61.7 Å². The standard InChI is InChI=1S/C34H51NO13/c35-31-8-4-5-9-32(31)47-28-26-45-24-22-43-20-18-41-16-14-39-12-10-38-11-13-40-15-17-42-19-21-44-23-25-46-27-29-48-34(37)33(36)30-6-2-1-3-7-30/h1-9H,10-29,35H2. The smallest absolute Gasteiger partial charge is 0.379 e. The highest BCUT2D eigenvalue weighted by Crippen LogP contribution is 2.19. The van der Waals surface area contributed by atoms with Crippen LogP contribution in [0.1, 0.15) is 10.4 Å². The van der Waals surface area contributed by atoms with Gasteiger partial charge in [0.25, 0.3) is 5.78 Å². The van der Waals surface area contributed by atoms with Gasteiger partial charge in [-0.05, 0) is 12.1 Å². The largest absolute Gasteiger partial charge is 0.489 e. The lowest BCUT2D eigenvalue weighted by Crippen LogP contribution is -2.20. The van der Waals surface area contributed by atoms with E-state index in [0.29, 0.717) is 136 Å². The van der Waals surface area contributed by atoms with Gasteiger partial charge in [0.2, 0.25) is 0 Å². The lowest BCUT2D eigenvalue weighted by atomic mass is 10.1. The molecule has 0 atom stereocenters. The van der Waals surface area contributed by atoms with Crippen LogP contribution in [0.5, 0.6) is 5.75 Å². The molecule has 48 heavy (non-hydrogen) atoms. The Morgan fingerprint density at radius 2 is 0.750 bits per heavy atom. The van der Waals surface area contributed by atoms with Crippen LogP contribution in [-0.2, 0) is 52.2 Å². The topological polar surface area (TPSA) is 162 Å². The number of esters is 1. The third-order valence-electron chi connectivity index (χ3n) is 6.06. The molecule has 2 aromatic carbocycles. The van der Waals surface area contributed by atoms with Crippen LogP contribution >= 0.6 is 0 Å². The van der Waals surface area contributed by atoms with Gasteiger partial charge in [0.05, 0.1) is 125 Å². The molecule has 0 aliphatic rings. The lowest BCUT2D eigenvalue weighted by molar-refractivity contribution is -0.139. The van der Waals surface area contributed by atoms with Crippen molar-refractivity contribution >= 4 is 17.4 Å². The Balaban J connectivity index is 1.17. The summed E-state index contributed by atoms with van der Waals surface area (Å²) in [4.78, 5) is 23.6. The molecule has 0 aliphatic heterocycles. The van der Waals surface area contributed by atoms with E-state index in [9.17, 15) is 9.59 Å². The minimum atomic E-state index is -0.898.